The van der Waals surface area contributed by atoms with Crippen LogP contribution in [0.4, 0.5) is 4.79 Å². The van der Waals surface area contributed by atoms with Gasteiger partial charge in [-0.25, -0.2) is 4.79 Å². The quantitative estimate of drug-likeness (QED) is 0.224. The standard InChI is InChI=1S/C23H31N5O8/c29-19(13-24-20(30)14-26-23(34)36-16-17-4-2-1-3-5-17)25-15-21(31)27-18(12-22(32)33)6-7-28-8-10-35-11-9-28/h1-7,18H,8-16H2,(H,24,30)(H,25,29)(H,26,34)(H,27,31)(H,32,33)/b7-6+. The average Bonchev–Trinajstić information content (AvgIpc) is 2.87. The summed E-state index contributed by atoms with van der Waals surface area (Å²) in [4.78, 5) is 60.5. The van der Waals surface area contributed by atoms with Crippen molar-refractivity contribution in [2.75, 3.05) is 45.9 Å². The molecule has 0 aromatic heterocycles. The monoisotopic (exact) mass is 505 g/mol. The molecule has 196 valence electrons. The van der Waals surface area contributed by atoms with E-state index in [2.05, 4.69) is 21.3 Å². The van der Waals surface area contributed by atoms with E-state index in [1.54, 1.807) is 36.5 Å². The van der Waals surface area contributed by atoms with Crippen molar-refractivity contribution in [3.63, 3.8) is 0 Å². The van der Waals surface area contributed by atoms with Gasteiger partial charge in [-0.2, -0.15) is 0 Å². The van der Waals surface area contributed by atoms with Gasteiger partial charge in [-0.15, -0.1) is 0 Å². The first-order valence-corrected chi connectivity index (χ1v) is 11.3. The molecule has 36 heavy (non-hydrogen) atoms. The molecule has 4 amide bonds. The van der Waals surface area contributed by atoms with E-state index in [0.717, 1.165) is 5.56 Å². The predicted molar refractivity (Wildman–Crippen MR) is 126 cm³/mol. The van der Waals surface area contributed by atoms with Crippen molar-refractivity contribution in [2.24, 2.45) is 0 Å². The van der Waals surface area contributed by atoms with Gasteiger partial charge in [0, 0.05) is 13.1 Å². The van der Waals surface area contributed by atoms with Crippen LogP contribution in [-0.4, -0.2) is 91.8 Å². The number of carboxylic acids is 1. The fourth-order valence-electron chi connectivity index (χ4n) is 2.97. The minimum atomic E-state index is -1.09. The molecule has 0 saturated carbocycles. The van der Waals surface area contributed by atoms with Crippen molar-refractivity contribution in [3.05, 3.63) is 48.2 Å². The molecule has 1 fully saturated rings. The Kier molecular flexibility index (Phi) is 12.3. The normalized spacial score (nSPS) is 13.9. The van der Waals surface area contributed by atoms with Crippen LogP contribution in [0, 0.1) is 0 Å². The third-order valence-electron chi connectivity index (χ3n) is 4.81. The second-order valence-corrected chi connectivity index (χ2v) is 7.73. The van der Waals surface area contributed by atoms with Crippen LogP contribution in [0.2, 0.25) is 0 Å². The Morgan fingerprint density at radius 1 is 0.944 bits per heavy atom. The number of rotatable bonds is 13. The zero-order valence-corrected chi connectivity index (χ0v) is 19.7. The number of hydrogen-bond donors (Lipinski definition) is 5. The lowest BCUT2D eigenvalue weighted by molar-refractivity contribution is -0.137. The van der Waals surface area contributed by atoms with Crippen molar-refractivity contribution in [1.29, 1.82) is 0 Å². The Bertz CT molecular complexity index is 918. The van der Waals surface area contributed by atoms with Gasteiger partial charge in [0.1, 0.15) is 13.2 Å². The number of nitrogens with zero attached hydrogens (tertiary/aromatic N) is 1. The second kappa shape index (κ2) is 15.7. The molecule has 0 spiro atoms. The molecule has 1 aromatic carbocycles. The minimum absolute atomic E-state index is 0.0507. The molecular formula is C23H31N5O8. The Labute approximate surface area is 208 Å². The summed E-state index contributed by atoms with van der Waals surface area (Å²) in [5, 5.41) is 18.5. The first-order valence-electron chi connectivity index (χ1n) is 11.3. The maximum absolute atomic E-state index is 12.1. The summed E-state index contributed by atoms with van der Waals surface area (Å²) in [5.41, 5.74) is 0.792. The molecule has 5 N–H and O–H groups in total. The topological polar surface area (TPSA) is 175 Å². The predicted octanol–water partition coefficient (Wildman–Crippen LogP) is -1.05. The van der Waals surface area contributed by atoms with Crippen LogP contribution < -0.4 is 21.3 Å². The highest BCUT2D eigenvalue weighted by Gasteiger charge is 2.15. The van der Waals surface area contributed by atoms with Crippen LogP contribution in [0.5, 0.6) is 0 Å². The van der Waals surface area contributed by atoms with Crippen molar-refractivity contribution >= 4 is 29.8 Å². The van der Waals surface area contributed by atoms with E-state index < -0.39 is 55.5 Å². The molecule has 13 nitrogen and oxygen atoms in total. The highest BCUT2D eigenvalue weighted by molar-refractivity contribution is 5.89. The van der Waals surface area contributed by atoms with Crippen LogP contribution >= 0.6 is 0 Å². The zero-order chi connectivity index (χ0) is 26.2. The molecule has 0 bridgehead atoms. The van der Waals surface area contributed by atoms with Gasteiger partial charge in [0.15, 0.2) is 0 Å². The molecule has 0 radical (unpaired) electrons. The summed E-state index contributed by atoms with van der Waals surface area (Å²) >= 11 is 0. The lowest BCUT2D eigenvalue weighted by Crippen LogP contribution is -2.46. The van der Waals surface area contributed by atoms with E-state index in [9.17, 15) is 24.0 Å². The van der Waals surface area contributed by atoms with E-state index >= 15 is 0 Å². The van der Waals surface area contributed by atoms with Gasteiger partial charge in [-0.1, -0.05) is 30.3 Å². The number of aliphatic carboxylic acids is 1. The molecule has 0 aliphatic carbocycles. The van der Waals surface area contributed by atoms with E-state index in [-0.39, 0.29) is 13.0 Å². The maximum atomic E-state index is 12.1. The fraction of sp³-hybridized carbons (Fsp3) is 0.435. The molecule has 1 heterocycles. The summed E-state index contributed by atoms with van der Waals surface area (Å²) in [5.74, 6) is -2.93. The van der Waals surface area contributed by atoms with Crippen molar-refractivity contribution in [2.45, 2.75) is 19.1 Å². The first-order chi connectivity index (χ1) is 17.3. The number of benzene rings is 1. The summed E-state index contributed by atoms with van der Waals surface area (Å²) in [7, 11) is 0. The van der Waals surface area contributed by atoms with E-state index in [1.165, 1.54) is 0 Å². The number of hydrogen-bond acceptors (Lipinski definition) is 8. The molecule has 1 aliphatic heterocycles. The van der Waals surface area contributed by atoms with Crippen molar-refractivity contribution < 1.29 is 38.6 Å². The van der Waals surface area contributed by atoms with Crippen LogP contribution in [0.3, 0.4) is 0 Å². The fourth-order valence-corrected chi connectivity index (χ4v) is 2.97. The van der Waals surface area contributed by atoms with Crippen LogP contribution in [0.1, 0.15) is 12.0 Å². The lowest BCUT2D eigenvalue weighted by atomic mass is 10.2. The van der Waals surface area contributed by atoms with Crippen molar-refractivity contribution in [1.82, 2.24) is 26.2 Å². The van der Waals surface area contributed by atoms with Crippen LogP contribution in [0.15, 0.2) is 42.6 Å². The number of amides is 4. The summed E-state index contributed by atoms with van der Waals surface area (Å²) in [6, 6.07) is 8.24. The Morgan fingerprint density at radius 2 is 1.56 bits per heavy atom. The molecule has 13 heteroatoms. The molecule has 1 aliphatic rings. The van der Waals surface area contributed by atoms with Gasteiger partial charge in [-0.05, 0) is 17.8 Å². The second-order valence-electron chi connectivity index (χ2n) is 7.73. The van der Waals surface area contributed by atoms with Gasteiger partial charge in [-0.3, -0.25) is 19.2 Å². The van der Waals surface area contributed by atoms with Gasteiger partial charge < -0.3 is 40.7 Å². The summed E-state index contributed by atoms with van der Waals surface area (Å²) < 4.78 is 10.2. The highest BCUT2D eigenvalue weighted by Crippen LogP contribution is 2.02. The third-order valence-corrected chi connectivity index (χ3v) is 4.81. The van der Waals surface area contributed by atoms with E-state index in [1.807, 2.05) is 11.0 Å². The molecule has 1 saturated heterocycles. The van der Waals surface area contributed by atoms with Gasteiger partial charge in [0.05, 0.1) is 38.8 Å². The Balaban J connectivity index is 1.62. The van der Waals surface area contributed by atoms with Gasteiger partial charge in [0.2, 0.25) is 17.7 Å². The van der Waals surface area contributed by atoms with Crippen molar-refractivity contribution in [3.8, 4) is 0 Å². The Morgan fingerprint density at radius 3 is 2.19 bits per heavy atom. The number of nitrogens with one attached hydrogen (secondary N) is 4. The smallest absolute Gasteiger partial charge is 0.407 e. The molecule has 1 aromatic rings. The number of carbonyl (C=O) groups excluding carboxylic acids is 4. The Hall–Kier alpha value is -4.13. The number of carbonyl (C=O) groups is 5. The number of alkyl carbamates (subject to hydrolysis) is 1. The van der Waals surface area contributed by atoms with E-state index in [4.69, 9.17) is 14.6 Å². The first kappa shape index (κ1) is 28.1. The number of morpholine rings is 1. The van der Waals surface area contributed by atoms with Crippen LogP contribution in [0.25, 0.3) is 0 Å². The highest BCUT2D eigenvalue weighted by atomic mass is 16.5. The minimum Gasteiger partial charge on any atom is -0.481 e. The van der Waals surface area contributed by atoms with Crippen LogP contribution in [-0.2, 0) is 35.3 Å². The molecular weight excluding hydrogens is 474 g/mol. The molecule has 1 atom stereocenters. The number of carboxylic acid groups (broad SMARTS) is 1. The maximum Gasteiger partial charge on any atom is 0.407 e. The molecule has 2 rings (SSSR count). The lowest BCUT2D eigenvalue weighted by Gasteiger charge is -2.25. The third kappa shape index (κ3) is 12.4. The molecule has 1 unspecified atom stereocenters. The average molecular weight is 506 g/mol. The van der Waals surface area contributed by atoms with Gasteiger partial charge in [0.25, 0.3) is 0 Å². The zero-order valence-electron chi connectivity index (χ0n) is 19.7. The van der Waals surface area contributed by atoms with E-state index in [0.29, 0.717) is 26.3 Å². The van der Waals surface area contributed by atoms with Gasteiger partial charge >= 0.3 is 12.1 Å². The largest absolute Gasteiger partial charge is 0.481 e. The SMILES string of the molecule is O=C(O)CC(/C=C/N1CCOCC1)NC(=O)CNC(=O)CNC(=O)CNC(=O)OCc1ccccc1. The summed E-state index contributed by atoms with van der Waals surface area (Å²) in [6.07, 6.45) is 2.19. The summed E-state index contributed by atoms with van der Waals surface area (Å²) in [6.45, 7) is 1.30. The number of ether oxygens (including phenoxy) is 2.